The Morgan fingerprint density at radius 2 is 1.64 bits per heavy atom. The van der Waals surface area contributed by atoms with Crippen LogP contribution in [0.1, 0.15) is 22.3 Å². The molecule has 2 aromatic rings. The monoisotopic (exact) mass is 342 g/mol. The van der Waals surface area contributed by atoms with Crippen molar-refractivity contribution in [3.63, 3.8) is 0 Å². The van der Waals surface area contributed by atoms with Gasteiger partial charge in [-0.25, -0.2) is 0 Å². The van der Waals surface area contributed by atoms with Gasteiger partial charge in [-0.3, -0.25) is 9.59 Å². The molecule has 132 valence electrons. The second-order valence-electron chi connectivity index (χ2n) is 5.47. The number of aryl methyl sites for hydroxylation is 1. The second-order valence-corrected chi connectivity index (χ2v) is 5.47. The average molecular weight is 342 g/mol. The molecule has 0 aliphatic carbocycles. The summed E-state index contributed by atoms with van der Waals surface area (Å²) in [7, 11) is 3.04. The third-order valence-corrected chi connectivity index (χ3v) is 3.67. The highest BCUT2D eigenvalue weighted by atomic mass is 16.5. The number of ether oxygens (including phenoxy) is 2. The molecule has 0 heterocycles. The van der Waals surface area contributed by atoms with Gasteiger partial charge in [-0.1, -0.05) is 18.2 Å². The smallest absolute Gasteiger partial charge is 0.251 e. The van der Waals surface area contributed by atoms with E-state index in [4.69, 9.17) is 9.47 Å². The lowest BCUT2D eigenvalue weighted by atomic mass is 10.2. The number of hydrogen-bond acceptors (Lipinski definition) is 4. The van der Waals surface area contributed by atoms with Gasteiger partial charge in [0.2, 0.25) is 5.91 Å². The van der Waals surface area contributed by atoms with Gasteiger partial charge >= 0.3 is 0 Å². The van der Waals surface area contributed by atoms with Crippen LogP contribution in [0.4, 0.5) is 5.69 Å². The Kier molecular flexibility index (Phi) is 6.39. The molecule has 2 N–H and O–H groups in total. The molecule has 2 aromatic carbocycles. The minimum absolute atomic E-state index is 0.155. The van der Waals surface area contributed by atoms with Crippen molar-refractivity contribution in [2.24, 2.45) is 0 Å². The number of para-hydroxylation sites is 1. The first-order chi connectivity index (χ1) is 12.0. The van der Waals surface area contributed by atoms with Gasteiger partial charge in [-0.15, -0.1) is 0 Å². The molecule has 0 atom stereocenters. The van der Waals surface area contributed by atoms with Crippen LogP contribution in [-0.2, 0) is 4.79 Å². The van der Waals surface area contributed by atoms with E-state index in [0.717, 1.165) is 11.3 Å². The van der Waals surface area contributed by atoms with E-state index in [9.17, 15) is 9.59 Å². The maximum Gasteiger partial charge on any atom is 0.251 e. The molecule has 0 aliphatic rings. The molecule has 0 unspecified atom stereocenters. The molecule has 6 heteroatoms. The minimum atomic E-state index is -0.291. The standard InChI is InChI=1S/C19H22N2O4/c1-13-6-4-5-7-17(13)21-18(22)8-9-20-19(23)14-10-15(24-2)12-16(11-14)25-3/h4-7,10-12H,8-9H2,1-3H3,(H,20,23)(H,21,22). The van der Waals surface area contributed by atoms with Crippen LogP contribution in [0.5, 0.6) is 11.5 Å². The third-order valence-electron chi connectivity index (χ3n) is 3.67. The van der Waals surface area contributed by atoms with Crippen molar-refractivity contribution in [2.75, 3.05) is 26.1 Å². The Labute approximate surface area is 147 Å². The highest BCUT2D eigenvalue weighted by Crippen LogP contribution is 2.22. The molecule has 6 nitrogen and oxygen atoms in total. The highest BCUT2D eigenvalue weighted by Gasteiger charge is 2.11. The van der Waals surface area contributed by atoms with E-state index in [1.54, 1.807) is 18.2 Å². The molecule has 0 fully saturated rings. The summed E-state index contributed by atoms with van der Waals surface area (Å²) >= 11 is 0. The summed E-state index contributed by atoms with van der Waals surface area (Å²) in [4.78, 5) is 24.2. The van der Waals surface area contributed by atoms with Crippen LogP contribution in [-0.4, -0.2) is 32.6 Å². The highest BCUT2D eigenvalue weighted by molar-refractivity contribution is 5.96. The number of nitrogens with one attached hydrogen (secondary N) is 2. The molecule has 0 aliphatic heterocycles. The van der Waals surface area contributed by atoms with Gasteiger partial charge in [0.05, 0.1) is 14.2 Å². The SMILES string of the molecule is COc1cc(OC)cc(C(=O)NCCC(=O)Nc2ccccc2C)c1. The summed E-state index contributed by atoms with van der Waals surface area (Å²) in [6.45, 7) is 2.16. The summed E-state index contributed by atoms with van der Waals surface area (Å²) in [6.07, 6.45) is 0.182. The van der Waals surface area contributed by atoms with E-state index in [1.165, 1.54) is 14.2 Å². The van der Waals surface area contributed by atoms with Crippen LogP contribution >= 0.6 is 0 Å². The molecule has 2 rings (SSSR count). The van der Waals surface area contributed by atoms with Crippen molar-refractivity contribution in [3.8, 4) is 11.5 Å². The first kappa shape index (κ1) is 18.3. The molecule has 0 bridgehead atoms. The molecule has 0 spiro atoms. The quantitative estimate of drug-likeness (QED) is 0.811. The minimum Gasteiger partial charge on any atom is -0.497 e. The van der Waals surface area contributed by atoms with Gasteiger partial charge in [0, 0.05) is 30.3 Å². The van der Waals surface area contributed by atoms with Crippen molar-refractivity contribution >= 4 is 17.5 Å². The zero-order valence-corrected chi connectivity index (χ0v) is 14.6. The van der Waals surface area contributed by atoms with Crippen LogP contribution in [0, 0.1) is 6.92 Å². The van der Waals surface area contributed by atoms with Crippen molar-refractivity contribution in [1.29, 1.82) is 0 Å². The van der Waals surface area contributed by atoms with Crippen LogP contribution in [0.2, 0.25) is 0 Å². The summed E-state index contributed by atoms with van der Waals surface area (Å²) in [5.41, 5.74) is 2.18. The lowest BCUT2D eigenvalue weighted by Gasteiger charge is -2.10. The summed E-state index contributed by atoms with van der Waals surface area (Å²) in [5.74, 6) is 0.613. The van der Waals surface area contributed by atoms with Crippen molar-refractivity contribution in [1.82, 2.24) is 5.32 Å². The fourth-order valence-electron chi connectivity index (χ4n) is 2.26. The Bertz CT molecular complexity index is 737. The van der Waals surface area contributed by atoms with Gasteiger partial charge in [0.25, 0.3) is 5.91 Å². The predicted octanol–water partition coefficient (Wildman–Crippen LogP) is 2.77. The van der Waals surface area contributed by atoms with E-state index >= 15 is 0 Å². The topological polar surface area (TPSA) is 76.7 Å². The predicted molar refractivity (Wildman–Crippen MR) is 96.3 cm³/mol. The largest absolute Gasteiger partial charge is 0.497 e. The molecule has 0 saturated carbocycles. The number of methoxy groups -OCH3 is 2. The summed E-state index contributed by atoms with van der Waals surface area (Å²) in [6, 6.07) is 12.5. The normalized spacial score (nSPS) is 10.0. The van der Waals surface area contributed by atoms with Crippen LogP contribution in [0.3, 0.4) is 0 Å². The second kappa shape index (κ2) is 8.73. The molecule has 0 aromatic heterocycles. The van der Waals surface area contributed by atoms with Gasteiger partial charge in [-0.2, -0.15) is 0 Å². The lowest BCUT2D eigenvalue weighted by molar-refractivity contribution is -0.116. The molecule has 25 heavy (non-hydrogen) atoms. The number of benzene rings is 2. The van der Waals surface area contributed by atoms with Gasteiger partial charge < -0.3 is 20.1 Å². The average Bonchev–Trinajstić information content (AvgIpc) is 2.63. The number of carbonyl (C=O) groups is 2. The van der Waals surface area contributed by atoms with Gasteiger partial charge in [-0.05, 0) is 30.7 Å². The van der Waals surface area contributed by atoms with E-state index in [1.807, 2.05) is 31.2 Å². The van der Waals surface area contributed by atoms with Crippen LogP contribution in [0.15, 0.2) is 42.5 Å². The lowest BCUT2D eigenvalue weighted by Crippen LogP contribution is -2.27. The molecule has 2 amide bonds. The van der Waals surface area contributed by atoms with E-state index < -0.39 is 0 Å². The van der Waals surface area contributed by atoms with E-state index in [-0.39, 0.29) is 24.8 Å². The summed E-state index contributed by atoms with van der Waals surface area (Å²) in [5, 5.41) is 5.55. The van der Waals surface area contributed by atoms with Gasteiger partial charge in [0.1, 0.15) is 11.5 Å². The number of rotatable bonds is 7. The Balaban J connectivity index is 1.88. The van der Waals surface area contributed by atoms with Crippen molar-refractivity contribution in [2.45, 2.75) is 13.3 Å². The number of hydrogen-bond donors (Lipinski definition) is 2. The number of carbonyl (C=O) groups excluding carboxylic acids is 2. The number of amides is 2. The molecular formula is C19H22N2O4. The van der Waals surface area contributed by atoms with Gasteiger partial charge in [0.15, 0.2) is 0 Å². The maximum absolute atomic E-state index is 12.2. The van der Waals surface area contributed by atoms with E-state index in [2.05, 4.69) is 10.6 Å². The summed E-state index contributed by atoms with van der Waals surface area (Å²) < 4.78 is 10.3. The number of anilines is 1. The van der Waals surface area contributed by atoms with E-state index in [0.29, 0.717) is 17.1 Å². The van der Waals surface area contributed by atoms with Crippen LogP contribution < -0.4 is 20.1 Å². The maximum atomic E-state index is 12.2. The third kappa shape index (κ3) is 5.24. The fraction of sp³-hybridized carbons (Fsp3) is 0.263. The molecule has 0 saturated heterocycles. The van der Waals surface area contributed by atoms with Crippen molar-refractivity contribution < 1.29 is 19.1 Å². The zero-order chi connectivity index (χ0) is 18.2. The zero-order valence-electron chi connectivity index (χ0n) is 14.6. The Morgan fingerprint density at radius 1 is 1.00 bits per heavy atom. The molecular weight excluding hydrogens is 320 g/mol. The first-order valence-electron chi connectivity index (χ1n) is 7.90. The Morgan fingerprint density at radius 3 is 2.24 bits per heavy atom. The Hall–Kier alpha value is -3.02. The van der Waals surface area contributed by atoms with Crippen LogP contribution in [0.25, 0.3) is 0 Å². The fourth-order valence-corrected chi connectivity index (χ4v) is 2.26. The first-order valence-corrected chi connectivity index (χ1v) is 7.90. The molecule has 0 radical (unpaired) electrons. The van der Waals surface area contributed by atoms with Crippen molar-refractivity contribution in [3.05, 3.63) is 53.6 Å².